The highest BCUT2D eigenvalue weighted by Gasteiger charge is 2.48. The van der Waals surface area contributed by atoms with Gasteiger partial charge in [0.25, 0.3) is 0 Å². The van der Waals surface area contributed by atoms with Gasteiger partial charge in [-0.25, -0.2) is 8.42 Å². The van der Waals surface area contributed by atoms with Crippen molar-refractivity contribution in [1.82, 2.24) is 5.32 Å². The van der Waals surface area contributed by atoms with Gasteiger partial charge in [-0.1, -0.05) is 12.1 Å². The third-order valence-corrected chi connectivity index (χ3v) is 6.21. The van der Waals surface area contributed by atoms with Crippen molar-refractivity contribution in [2.24, 2.45) is 0 Å². The van der Waals surface area contributed by atoms with E-state index < -0.39 is 20.5 Å². The molecule has 1 heterocycles. The Morgan fingerprint density at radius 2 is 2.04 bits per heavy atom. The smallest absolute Gasteiger partial charge is 0.245 e. The molecule has 6 nitrogen and oxygen atoms in total. The van der Waals surface area contributed by atoms with Gasteiger partial charge in [-0.3, -0.25) is 4.79 Å². The number of amides is 1. The summed E-state index contributed by atoms with van der Waals surface area (Å²) in [5.41, 5.74) is 1.53. The Labute approximate surface area is 137 Å². The Morgan fingerprint density at radius 1 is 1.35 bits per heavy atom. The largest absolute Gasteiger partial charge is 0.377 e. The first-order valence-electron chi connectivity index (χ1n) is 7.77. The van der Waals surface area contributed by atoms with Crippen molar-refractivity contribution in [3.63, 3.8) is 0 Å². The van der Waals surface area contributed by atoms with E-state index in [0.29, 0.717) is 32.0 Å². The Bertz CT molecular complexity index is 652. The summed E-state index contributed by atoms with van der Waals surface area (Å²) >= 11 is 0. The first-order valence-corrected chi connectivity index (χ1v) is 9.66. The van der Waals surface area contributed by atoms with E-state index in [9.17, 15) is 13.2 Å². The summed E-state index contributed by atoms with van der Waals surface area (Å²) in [7, 11) is -3.51. The number of ether oxygens (including phenoxy) is 1. The summed E-state index contributed by atoms with van der Waals surface area (Å²) in [5.74, 6) is -0.449. The number of benzene rings is 1. The normalized spacial score (nSPS) is 17.7. The summed E-state index contributed by atoms with van der Waals surface area (Å²) < 4.78 is 28.5. The van der Waals surface area contributed by atoms with Crippen LogP contribution in [-0.2, 0) is 26.0 Å². The molecule has 0 bridgehead atoms. The minimum absolute atomic E-state index is 0.288. The first-order chi connectivity index (χ1) is 10.9. The number of sulfone groups is 1. The van der Waals surface area contributed by atoms with E-state index in [1.807, 2.05) is 25.1 Å². The van der Waals surface area contributed by atoms with Crippen molar-refractivity contribution in [3.8, 4) is 0 Å². The van der Waals surface area contributed by atoms with Gasteiger partial charge in [0.15, 0.2) is 14.6 Å². The van der Waals surface area contributed by atoms with Crippen LogP contribution in [0.1, 0.15) is 25.3 Å². The van der Waals surface area contributed by atoms with E-state index >= 15 is 0 Å². The van der Waals surface area contributed by atoms with Gasteiger partial charge >= 0.3 is 0 Å². The van der Waals surface area contributed by atoms with E-state index in [1.165, 1.54) is 0 Å². The van der Waals surface area contributed by atoms with Crippen LogP contribution in [0, 0.1) is 0 Å². The van der Waals surface area contributed by atoms with Gasteiger partial charge in [-0.05, 0) is 50.6 Å². The lowest BCUT2D eigenvalue weighted by Gasteiger charge is -2.34. The molecule has 1 amide bonds. The van der Waals surface area contributed by atoms with E-state index in [0.717, 1.165) is 11.8 Å². The summed E-state index contributed by atoms with van der Waals surface area (Å²) in [6.07, 6.45) is 1.72. The molecule has 0 aliphatic carbocycles. The number of carbonyl (C=O) groups excluding carboxylic acids is 1. The highest BCUT2D eigenvalue weighted by atomic mass is 32.2. The summed E-state index contributed by atoms with van der Waals surface area (Å²) in [5, 5.41) is 5.88. The molecule has 0 unspecified atom stereocenters. The van der Waals surface area contributed by atoms with E-state index in [2.05, 4.69) is 10.6 Å². The molecule has 1 aromatic rings. The average Bonchev–Trinajstić information content (AvgIpc) is 2.53. The maximum absolute atomic E-state index is 12.7. The lowest BCUT2D eigenvalue weighted by molar-refractivity contribution is -0.119. The molecule has 1 aliphatic rings. The molecule has 1 aliphatic heterocycles. The van der Waals surface area contributed by atoms with Gasteiger partial charge in [-0.15, -0.1) is 0 Å². The molecule has 2 rings (SSSR count). The van der Waals surface area contributed by atoms with Crippen LogP contribution in [-0.4, -0.2) is 45.0 Å². The van der Waals surface area contributed by atoms with Crippen molar-refractivity contribution in [1.29, 1.82) is 0 Å². The second-order valence-electron chi connectivity index (χ2n) is 5.81. The second kappa shape index (κ2) is 7.42. The zero-order valence-corrected chi connectivity index (χ0v) is 14.4. The minimum atomic E-state index is -3.51. The first kappa shape index (κ1) is 17.9. The number of hydrogen-bond acceptors (Lipinski definition) is 5. The lowest BCUT2D eigenvalue weighted by atomic mass is 9.95. The topological polar surface area (TPSA) is 84.5 Å². The molecule has 0 spiro atoms. The molecule has 1 aromatic carbocycles. The summed E-state index contributed by atoms with van der Waals surface area (Å²) in [6, 6.07) is 7.29. The molecular weight excluding hydrogens is 316 g/mol. The predicted molar refractivity (Wildman–Crippen MR) is 90.1 cm³/mol. The van der Waals surface area contributed by atoms with Gasteiger partial charge in [-0.2, -0.15) is 0 Å². The van der Waals surface area contributed by atoms with Crippen LogP contribution >= 0.6 is 0 Å². The number of rotatable bonds is 6. The molecule has 0 saturated carbocycles. The molecule has 128 valence electrons. The maximum Gasteiger partial charge on any atom is 0.245 e. The minimum Gasteiger partial charge on any atom is -0.377 e. The number of carbonyl (C=O) groups is 1. The van der Waals surface area contributed by atoms with Crippen LogP contribution < -0.4 is 10.6 Å². The second-order valence-corrected chi connectivity index (χ2v) is 8.13. The van der Waals surface area contributed by atoms with E-state index in [1.54, 1.807) is 6.07 Å². The zero-order valence-electron chi connectivity index (χ0n) is 13.6. The molecule has 1 fully saturated rings. The van der Waals surface area contributed by atoms with Crippen LogP contribution in [0.15, 0.2) is 24.3 Å². The number of hydrogen-bond donors (Lipinski definition) is 2. The van der Waals surface area contributed by atoms with Crippen molar-refractivity contribution in [2.45, 2.75) is 31.1 Å². The molecule has 0 radical (unpaired) electrons. The Hall–Kier alpha value is -1.44. The van der Waals surface area contributed by atoms with Gasteiger partial charge < -0.3 is 15.4 Å². The SMILES string of the molecule is CCOCc1cccc(NC(=O)C2(S(C)(=O)=O)CCNCC2)c1. The fourth-order valence-corrected chi connectivity index (χ4v) is 4.13. The fraction of sp³-hybridized carbons (Fsp3) is 0.562. The fourth-order valence-electron chi connectivity index (χ4n) is 2.80. The van der Waals surface area contributed by atoms with Crippen molar-refractivity contribution in [2.75, 3.05) is 31.3 Å². The van der Waals surface area contributed by atoms with Gasteiger partial charge in [0.2, 0.25) is 5.91 Å². The molecule has 2 N–H and O–H groups in total. The number of piperidine rings is 1. The van der Waals surface area contributed by atoms with Crippen molar-refractivity contribution >= 4 is 21.4 Å². The molecule has 0 aromatic heterocycles. The van der Waals surface area contributed by atoms with Crippen LogP contribution in [0.5, 0.6) is 0 Å². The van der Waals surface area contributed by atoms with E-state index in [4.69, 9.17) is 4.74 Å². The molecule has 7 heteroatoms. The molecule has 23 heavy (non-hydrogen) atoms. The molecule has 1 saturated heterocycles. The number of nitrogens with one attached hydrogen (secondary N) is 2. The van der Waals surface area contributed by atoms with Crippen LogP contribution in [0.25, 0.3) is 0 Å². The maximum atomic E-state index is 12.7. The number of anilines is 1. The Morgan fingerprint density at radius 3 is 2.65 bits per heavy atom. The summed E-state index contributed by atoms with van der Waals surface area (Å²) in [6.45, 7) is 4.02. The average molecular weight is 340 g/mol. The predicted octanol–water partition coefficient (Wildman–Crippen LogP) is 1.33. The standard InChI is InChI=1S/C16H24N2O4S/c1-3-22-12-13-5-4-6-14(11-13)18-15(19)16(23(2,20)21)7-9-17-10-8-16/h4-6,11,17H,3,7-10,12H2,1-2H3,(H,18,19). The quantitative estimate of drug-likeness (QED) is 0.816. The van der Waals surface area contributed by atoms with Crippen LogP contribution in [0.4, 0.5) is 5.69 Å². The van der Waals surface area contributed by atoms with Gasteiger partial charge in [0.05, 0.1) is 6.61 Å². The van der Waals surface area contributed by atoms with Crippen LogP contribution in [0.3, 0.4) is 0 Å². The van der Waals surface area contributed by atoms with Crippen molar-refractivity contribution < 1.29 is 17.9 Å². The van der Waals surface area contributed by atoms with Gasteiger partial charge in [0.1, 0.15) is 0 Å². The lowest BCUT2D eigenvalue weighted by Crippen LogP contribution is -2.55. The van der Waals surface area contributed by atoms with Crippen LogP contribution in [0.2, 0.25) is 0 Å². The Balaban J connectivity index is 2.19. The third kappa shape index (κ3) is 4.10. The van der Waals surface area contributed by atoms with Gasteiger partial charge in [0, 0.05) is 18.6 Å². The zero-order chi connectivity index (χ0) is 16.9. The molecular formula is C16H24N2O4S. The third-order valence-electron chi connectivity index (χ3n) is 4.19. The van der Waals surface area contributed by atoms with Crippen molar-refractivity contribution in [3.05, 3.63) is 29.8 Å². The monoisotopic (exact) mass is 340 g/mol. The summed E-state index contributed by atoms with van der Waals surface area (Å²) in [4.78, 5) is 12.7. The van der Waals surface area contributed by atoms with E-state index in [-0.39, 0.29) is 12.8 Å². The Kier molecular flexibility index (Phi) is 5.78. The highest BCUT2D eigenvalue weighted by Crippen LogP contribution is 2.29. The highest BCUT2D eigenvalue weighted by molar-refractivity contribution is 7.92. The molecule has 0 atom stereocenters.